The van der Waals surface area contributed by atoms with Gasteiger partial charge in [-0.3, -0.25) is 9.69 Å². The van der Waals surface area contributed by atoms with Crippen molar-refractivity contribution in [3.8, 4) is 11.5 Å². The van der Waals surface area contributed by atoms with Gasteiger partial charge in [0.15, 0.2) is 0 Å². The Morgan fingerprint density at radius 2 is 1.79 bits per heavy atom. The Balaban J connectivity index is 1.69. The molecule has 1 N–H and O–H groups in total. The van der Waals surface area contributed by atoms with Gasteiger partial charge < -0.3 is 24.4 Å². The summed E-state index contributed by atoms with van der Waals surface area (Å²) in [6.45, 7) is 9.81. The Morgan fingerprint density at radius 1 is 1.03 bits per heavy atom. The van der Waals surface area contributed by atoms with Crippen LogP contribution in [0.1, 0.15) is 23.6 Å². The number of aliphatic hydroxyl groups is 1. The van der Waals surface area contributed by atoms with Crippen LogP contribution in [0.2, 0.25) is 0 Å². The number of β-amino-alcohol motifs (C(OH)–C–C–N with tert-alkyl or cyclic N) is 1. The van der Waals surface area contributed by atoms with E-state index in [1.807, 2.05) is 57.4 Å². The number of carbonyl (C=O) groups is 1. The Morgan fingerprint density at radius 3 is 2.50 bits per heavy atom. The van der Waals surface area contributed by atoms with Crippen LogP contribution < -0.4 is 9.47 Å². The molecule has 0 aromatic heterocycles. The maximum absolute atomic E-state index is 12.2. The summed E-state index contributed by atoms with van der Waals surface area (Å²) in [6, 6.07) is 14.0. The molecule has 186 valence electrons. The van der Waals surface area contributed by atoms with E-state index in [0.29, 0.717) is 32.8 Å². The van der Waals surface area contributed by atoms with Gasteiger partial charge in [-0.15, -0.1) is 0 Å². The van der Waals surface area contributed by atoms with Crippen molar-refractivity contribution in [3.05, 3.63) is 59.2 Å². The summed E-state index contributed by atoms with van der Waals surface area (Å²) in [5.74, 6) is 1.53. The molecule has 1 aliphatic rings. The summed E-state index contributed by atoms with van der Waals surface area (Å²) in [5.41, 5.74) is 2.27. The predicted octanol–water partition coefficient (Wildman–Crippen LogP) is 2.72. The molecule has 2 aromatic rings. The van der Waals surface area contributed by atoms with Crippen molar-refractivity contribution in [3.63, 3.8) is 0 Å². The molecular weight excluding hydrogens is 430 g/mol. The van der Waals surface area contributed by atoms with Gasteiger partial charge in [0, 0.05) is 39.6 Å². The highest BCUT2D eigenvalue weighted by Crippen LogP contribution is 2.22. The fraction of sp³-hybridized carbons (Fsp3) is 0.519. The highest BCUT2D eigenvalue weighted by atomic mass is 16.5. The molecule has 1 saturated heterocycles. The minimum atomic E-state index is -1.18. The molecule has 0 spiro atoms. The van der Waals surface area contributed by atoms with E-state index in [-0.39, 0.29) is 19.1 Å². The maximum Gasteiger partial charge on any atom is 0.219 e. The van der Waals surface area contributed by atoms with Gasteiger partial charge in [-0.2, -0.15) is 0 Å². The van der Waals surface area contributed by atoms with E-state index >= 15 is 0 Å². The van der Waals surface area contributed by atoms with E-state index in [9.17, 15) is 9.90 Å². The topological polar surface area (TPSA) is 65.5 Å². The van der Waals surface area contributed by atoms with Gasteiger partial charge in [-0.05, 0) is 68.9 Å². The zero-order valence-corrected chi connectivity index (χ0v) is 21.2. The Hall–Kier alpha value is -2.61. The van der Waals surface area contributed by atoms with Gasteiger partial charge in [-0.25, -0.2) is 0 Å². The van der Waals surface area contributed by atoms with Crippen molar-refractivity contribution in [2.45, 2.75) is 32.9 Å². The Bertz CT molecular complexity index is 965. The minimum absolute atomic E-state index is 0.0391. The number of nitrogens with zero attached hydrogens (tertiary/aromatic N) is 3. The number of carbonyl (C=O) groups excluding carboxylic acids is 1. The highest BCUT2D eigenvalue weighted by Gasteiger charge is 2.37. The van der Waals surface area contributed by atoms with Crippen LogP contribution in [0, 0.1) is 13.8 Å². The van der Waals surface area contributed by atoms with Crippen LogP contribution in [0.4, 0.5) is 0 Å². The monoisotopic (exact) mass is 469 g/mol. The number of ether oxygens (including phenoxy) is 2. The second-order valence-corrected chi connectivity index (χ2v) is 9.71. The van der Waals surface area contributed by atoms with Crippen LogP contribution in [0.15, 0.2) is 42.5 Å². The third kappa shape index (κ3) is 7.72. The average Bonchev–Trinajstić information content (AvgIpc) is 2.94. The first-order valence-electron chi connectivity index (χ1n) is 11.9. The molecule has 3 rings (SSSR count). The largest absolute Gasteiger partial charge is 0.492 e. The van der Waals surface area contributed by atoms with Gasteiger partial charge in [0.1, 0.15) is 30.3 Å². The molecule has 1 fully saturated rings. The number of aryl methyl sites for hydroxylation is 2. The number of benzene rings is 2. The van der Waals surface area contributed by atoms with Gasteiger partial charge in [0.25, 0.3) is 0 Å². The first-order valence-corrected chi connectivity index (χ1v) is 11.9. The molecule has 0 unspecified atom stereocenters. The van der Waals surface area contributed by atoms with E-state index in [4.69, 9.17) is 9.47 Å². The van der Waals surface area contributed by atoms with Crippen LogP contribution in [0.3, 0.4) is 0 Å². The quantitative estimate of drug-likeness (QED) is 0.609. The van der Waals surface area contributed by atoms with E-state index in [1.54, 1.807) is 11.8 Å². The Labute approximate surface area is 203 Å². The van der Waals surface area contributed by atoms with E-state index in [1.165, 1.54) is 5.56 Å². The predicted molar refractivity (Wildman–Crippen MR) is 134 cm³/mol. The molecule has 34 heavy (non-hydrogen) atoms. The summed E-state index contributed by atoms with van der Waals surface area (Å²) >= 11 is 0. The van der Waals surface area contributed by atoms with Crippen molar-refractivity contribution >= 4 is 5.91 Å². The first-order chi connectivity index (χ1) is 16.1. The molecule has 0 aliphatic carbocycles. The minimum Gasteiger partial charge on any atom is -0.492 e. The number of amides is 1. The summed E-state index contributed by atoms with van der Waals surface area (Å²) in [6.07, 6.45) is 0. The molecule has 0 saturated carbocycles. The third-order valence-electron chi connectivity index (χ3n) is 6.23. The van der Waals surface area contributed by atoms with Gasteiger partial charge in [0.05, 0.1) is 6.54 Å². The van der Waals surface area contributed by atoms with Crippen molar-refractivity contribution in [2.24, 2.45) is 0 Å². The highest BCUT2D eigenvalue weighted by molar-refractivity contribution is 5.73. The number of rotatable bonds is 9. The molecule has 2 aromatic carbocycles. The van der Waals surface area contributed by atoms with Crippen molar-refractivity contribution in [1.82, 2.24) is 14.7 Å². The second-order valence-electron chi connectivity index (χ2n) is 9.71. The van der Waals surface area contributed by atoms with Crippen LogP contribution in [0.25, 0.3) is 0 Å². The van der Waals surface area contributed by atoms with Crippen LogP contribution in [-0.4, -0.2) is 91.3 Å². The maximum atomic E-state index is 12.2. The number of hydrogen-bond acceptors (Lipinski definition) is 6. The lowest BCUT2D eigenvalue weighted by Crippen LogP contribution is -2.51. The van der Waals surface area contributed by atoms with E-state index in [0.717, 1.165) is 29.2 Å². The molecule has 7 nitrogen and oxygen atoms in total. The SMILES string of the molecule is CC(=O)N1CCN(Cc2cccc(OCCN(C)C)c2)C[C@@](O)(COc2ccc(C)c(C)c2)C1. The molecule has 1 amide bonds. The molecule has 0 radical (unpaired) electrons. The summed E-state index contributed by atoms with van der Waals surface area (Å²) in [7, 11) is 4.04. The molecule has 1 atom stereocenters. The lowest BCUT2D eigenvalue weighted by Gasteiger charge is -2.32. The standard InChI is InChI=1S/C27H39N3O4/c1-21-9-10-26(15-22(21)2)34-20-27(32)18-29(11-12-30(19-27)23(3)31)17-24-7-6-8-25(16-24)33-14-13-28(4)5/h6-10,15-16,32H,11-14,17-20H2,1-5H3/t27-/m0/s1. The first kappa shape index (κ1) is 26.0. The zero-order valence-electron chi connectivity index (χ0n) is 21.2. The van der Waals surface area contributed by atoms with Crippen molar-refractivity contribution in [1.29, 1.82) is 0 Å². The summed E-state index contributed by atoms with van der Waals surface area (Å²) in [5, 5.41) is 11.5. The average molecular weight is 470 g/mol. The lowest BCUT2D eigenvalue weighted by atomic mass is 10.0. The van der Waals surface area contributed by atoms with Crippen molar-refractivity contribution < 1.29 is 19.4 Å². The molecule has 1 aliphatic heterocycles. The fourth-order valence-corrected chi connectivity index (χ4v) is 4.10. The van der Waals surface area contributed by atoms with Crippen molar-refractivity contribution in [2.75, 3.05) is 60.0 Å². The molecule has 7 heteroatoms. The molecule has 1 heterocycles. The van der Waals surface area contributed by atoms with Crippen LogP contribution in [0.5, 0.6) is 11.5 Å². The van der Waals surface area contributed by atoms with Crippen LogP contribution >= 0.6 is 0 Å². The summed E-state index contributed by atoms with van der Waals surface area (Å²) in [4.78, 5) is 18.2. The molecule has 0 bridgehead atoms. The number of hydrogen-bond donors (Lipinski definition) is 1. The normalized spacial score (nSPS) is 19.2. The van der Waals surface area contributed by atoms with Gasteiger partial charge in [0.2, 0.25) is 5.91 Å². The van der Waals surface area contributed by atoms with Gasteiger partial charge in [-0.1, -0.05) is 18.2 Å². The smallest absolute Gasteiger partial charge is 0.219 e. The molecular formula is C27H39N3O4. The van der Waals surface area contributed by atoms with E-state index in [2.05, 4.69) is 22.8 Å². The van der Waals surface area contributed by atoms with Gasteiger partial charge >= 0.3 is 0 Å². The number of likely N-dealkylation sites (N-methyl/N-ethyl adjacent to an activating group) is 1. The fourth-order valence-electron chi connectivity index (χ4n) is 4.10. The third-order valence-corrected chi connectivity index (χ3v) is 6.23. The zero-order chi connectivity index (χ0) is 24.7. The lowest BCUT2D eigenvalue weighted by molar-refractivity contribution is -0.132. The van der Waals surface area contributed by atoms with Crippen LogP contribution in [-0.2, 0) is 11.3 Å². The summed E-state index contributed by atoms with van der Waals surface area (Å²) < 4.78 is 11.9. The van der Waals surface area contributed by atoms with E-state index < -0.39 is 5.60 Å². The Kier molecular flexibility index (Phi) is 8.94. The second kappa shape index (κ2) is 11.7.